The lowest BCUT2D eigenvalue weighted by atomic mass is 10.0. The highest BCUT2D eigenvalue weighted by atomic mass is 19.1. The Bertz CT molecular complexity index is 712. The summed E-state index contributed by atoms with van der Waals surface area (Å²) < 4.78 is 27.4. The van der Waals surface area contributed by atoms with Gasteiger partial charge in [-0.3, -0.25) is 9.69 Å². The Kier molecular flexibility index (Phi) is 4.11. The van der Waals surface area contributed by atoms with Gasteiger partial charge in [0.05, 0.1) is 12.6 Å². The Balaban J connectivity index is 1.99. The molecule has 1 aliphatic rings. The van der Waals surface area contributed by atoms with Gasteiger partial charge in [-0.05, 0) is 29.3 Å². The number of rotatable bonds is 4. The quantitative estimate of drug-likeness (QED) is 0.861. The van der Waals surface area contributed by atoms with Crippen LogP contribution < -0.4 is 0 Å². The number of hydrogen-bond acceptors (Lipinski definition) is 2. The molecule has 0 amide bonds. The lowest BCUT2D eigenvalue weighted by molar-refractivity contribution is 0.312. The van der Waals surface area contributed by atoms with E-state index in [0.29, 0.717) is 12.1 Å². The second kappa shape index (κ2) is 6.20. The summed E-state index contributed by atoms with van der Waals surface area (Å²) >= 11 is 0. The fourth-order valence-electron chi connectivity index (χ4n) is 2.78. The standard InChI is InChI=1S/C18H14F2NO/c19-15-6-7-17(20)16(11-15)14-10-18(21(12-14)8-9-22)13-4-2-1-3-5-13/h1-7,10-11,18H,8,12H2/t18-/m0/s1. The second-order valence-electron chi connectivity index (χ2n) is 5.22. The molecule has 2 aromatic rings. The molecule has 0 N–H and O–H groups in total. The first-order valence-electron chi connectivity index (χ1n) is 6.99. The van der Waals surface area contributed by atoms with Gasteiger partial charge < -0.3 is 0 Å². The third-order valence-electron chi connectivity index (χ3n) is 3.81. The number of hydrogen-bond donors (Lipinski definition) is 0. The van der Waals surface area contributed by atoms with Gasteiger partial charge in [0.2, 0.25) is 6.29 Å². The van der Waals surface area contributed by atoms with E-state index in [2.05, 4.69) is 0 Å². The van der Waals surface area contributed by atoms with E-state index < -0.39 is 11.6 Å². The van der Waals surface area contributed by atoms with Gasteiger partial charge in [-0.1, -0.05) is 36.4 Å². The lowest BCUT2D eigenvalue weighted by Gasteiger charge is -2.22. The molecule has 4 heteroatoms. The Morgan fingerprint density at radius 1 is 1.14 bits per heavy atom. The fourth-order valence-corrected chi connectivity index (χ4v) is 2.78. The van der Waals surface area contributed by atoms with E-state index in [0.717, 1.165) is 17.7 Å². The van der Waals surface area contributed by atoms with E-state index in [1.807, 2.05) is 47.6 Å². The molecule has 2 aromatic carbocycles. The summed E-state index contributed by atoms with van der Waals surface area (Å²) in [4.78, 5) is 12.7. The summed E-state index contributed by atoms with van der Waals surface area (Å²) in [6.45, 7) is 0.506. The first-order chi connectivity index (χ1) is 10.7. The maximum atomic E-state index is 14.0. The van der Waals surface area contributed by atoms with Crippen molar-refractivity contribution in [3.63, 3.8) is 0 Å². The molecule has 0 saturated carbocycles. The van der Waals surface area contributed by atoms with Crippen LogP contribution >= 0.6 is 0 Å². The molecular formula is C18H14F2NO. The molecule has 0 saturated heterocycles. The average Bonchev–Trinajstić information content (AvgIpc) is 2.95. The predicted molar refractivity (Wildman–Crippen MR) is 80.8 cm³/mol. The Labute approximate surface area is 127 Å². The zero-order chi connectivity index (χ0) is 15.5. The molecule has 0 fully saturated rings. The number of benzene rings is 2. The highest BCUT2D eigenvalue weighted by Crippen LogP contribution is 2.35. The van der Waals surface area contributed by atoms with Crippen molar-refractivity contribution in [2.24, 2.45) is 0 Å². The lowest BCUT2D eigenvalue weighted by Crippen LogP contribution is -2.26. The Morgan fingerprint density at radius 2 is 1.91 bits per heavy atom. The van der Waals surface area contributed by atoms with Crippen LogP contribution in [0.5, 0.6) is 0 Å². The summed E-state index contributed by atoms with van der Waals surface area (Å²) in [5.41, 5.74) is 1.93. The molecular weight excluding hydrogens is 284 g/mol. The number of carbonyl (C=O) groups excluding carboxylic acids is 1. The van der Waals surface area contributed by atoms with Crippen LogP contribution in [-0.4, -0.2) is 24.3 Å². The van der Waals surface area contributed by atoms with Crippen molar-refractivity contribution in [1.29, 1.82) is 0 Å². The van der Waals surface area contributed by atoms with Gasteiger partial charge >= 0.3 is 0 Å². The van der Waals surface area contributed by atoms with Gasteiger partial charge in [0.15, 0.2) is 0 Å². The van der Waals surface area contributed by atoms with E-state index in [1.54, 1.807) is 0 Å². The van der Waals surface area contributed by atoms with Crippen LogP contribution in [0.25, 0.3) is 5.57 Å². The van der Waals surface area contributed by atoms with Crippen LogP contribution in [0.15, 0.2) is 54.6 Å². The molecule has 0 unspecified atom stereocenters. The molecule has 0 bridgehead atoms. The minimum absolute atomic E-state index is 0.122. The van der Waals surface area contributed by atoms with Crippen LogP contribution in [0.1, 0.15) is 17.2 Å². The normalized spacial score (nSPS) is 18.3. The first-order valence-corrected chi connectivity index (χ1v) is 6.99. The largest absolute Gasteiger partial charge is 0.289 e. The average molecular weight is 298 g/mol. The molecule has 0 aromatic heterocycles. The van der Waals surface area contributed by atoms with E-state index in [1.165, 1.54) is 6.07 Å². The monoisotopic (exact) mass is 298 g/mol. The summed E-state index contributed by atoms with van der Waals surface area (Å²) in [5, 5.41) is 0. The molecule has 2 nitrogen and oxygen atoms in total. The van der Waals surface area contributed by atoms with Crippen LogP contribution in [0.2, 0.25) is 0 Å². The van der Waals surface area contributed by atoms with Gasteiger partial charge in [-0.15, -0.1) is 0 Å². The molecule has 1 atom stereocenters. The van der Waals surface area contributed by atoms with Crippen molar-refractivity contribution in [3.8, 4) is 0 Å². The Morgan fingerprint density at radius 3 is 2.64 bits per heavy atom. The molecule has 3 rings (SSSR count). The first kappa shape index (κ1) is 14.6. The highest BCUT2D eigenvalue weighted by molar-refractivity contribution is 5.71. The molecule has 0 spiro atoms. The zero-order valence-corrected chi connectivity index (χ0v) is 11.8. The fraction of sp³-hybridized carbons (Fsp3) is 0.167. The molecule has 1 radical (unpaired) electrons. The SMILES string of the molecule is O=[C]CN1CC(c2cc(F)ccc2F)=C[C@H]1c1ccccc1. The van der Waals surface area contributed by atoms with Gasteiger partial charge in [0.25, 0.3) is 0 Å². The van der Waals surface area contributed by atoms with E-state index >= 15 is 0 Å². The number of halogens is 2. The van der Waals surface area contributed by atoms with Crippen molar-refractivity contribution in [3.05, 3.63) is 77.4 Å². The van der Waals surface area contributed by atoms with Crippen LogP contribution in [0.4, 0.5) is 8.78 Å². The maximum Gasteiger partial charge on any atom is 0.213 e. The molecule has 1 heterocycles. The summed E-state index contributed by atoms with van der Waals surface area (Å²) in [5.74, 6) is -0.939. The van der Waals surface area contributed by atoms with Crippen LogP contribution in [0, 0.1) is 11.6 Å². The molecule has 111 valence electrons. The van der Waals surface area contributed by atoms with Gasteiger partial charge in [-0.25, -0.2) is 8.78 Å². The minimum Gasteiger partial charge on any atom is -0.289 e. The highest BCUT2D eigenvalue weighted by Gasteiger charge is 2.27. The molecule has 1 aliphatic heterocycles. The third-order valence-corrected chi connectivity index (χ3v) is 3.81. The van der Waals surface area contributed by atoms with Gasteiger partial charge in [0, 0.05) is 12.1 Å². The van der Waals surface area contributed by atoms with Gasteiger partial charge in [-0.2, -0.15) is 0 Å². The predicted octanol–water partition coefficient (Wildman–Crippen LogP) is 3.51. The van der Waals surface area contributed by atoms with Crippen molar-refractivity contribution in [1.82, 2.24) is 4.90 Å². The summed E-state index contributed by atoms with van der Waals surface area (Å²) in [7, 11) is 0. The third kappa shape index (κ3) is 2.83. The summed E-state index contributed by atoms with van der Waals surface area (Å²) in [6.07, 6.45) is 3.76. The molecule has 22 heavy (non-hydrogen) atoms. The van der Waals surface area contributed by atoms with E-state index in [-0.39, 0.29) is 18.2 Å². The van der Waals surface area contributed by atoms with E-state index in [9.17, 15) is 13.6 Å². The van der Waals surface area contributed by atoms with Crippen molar-refractivity contribution in [2.45, 2.75) is 6.04 Å². The van der Waals surface area contributed by atoms with Crippen molar-refractivity contribution >= 4 is 11.9 Å². The van der Waals surface area contributed by atoms with Crippen molar-refractivity contribution in [2.75, 3.05) is 13.1 Å². The van der Waals surface area contributed by atoms with Crippen LogP contribution in [0.3, 0.4) is 0 Å². The maximum absolute atomic E-state index is 14.0. The van der Waals surface area contributed by atoms with E-state index in [4.69, 9.17) is 0 Å². The van der Waals surface area contributed by atoms with Crippen LogP contribution in [-0.2, 0) is 4.79 Å². The second-order valence-corrected chi connectivity index (χ2v) is 5.22. The topological polar surface area (TPSA) is 20.3 Å². The number of nitrogens with zero attached hydrogens (tertiary/aromatic N) is 1. The van der Waals surface area contributed by atoms with Gasteiger partial charge in [0.1, 0.15) is 11.6 Å². The Hall–Kier alpha value is -2.33. The van der Waals surface area contributed by atoms with Crippen molar-refractivity contribution < 1.29 is 13.6 Å². The summed E-state index contributed by atoms with van der Waals surface area (Å²) in [6, 6.07) is 12.9. The molecule has 0 aliphatic carbocycles. The zero-order valence-electron chi connectivity index (χ0n) is 11.8. The smallest absolute Gasteiger partial charge is 0.213 e. The minimum atomic E-state index is -0.478.